The molecule has 1 unspecified atom stereocenters. The van der Waals surface area contributed by atoms with Crippen LogP contribution in [0.5, 0.6) is 11.6 Å². The predicted octanol–water partition coefficient (Wildman–Crippen LogP) is 1.05. The van der Waals surface area contributed by atoms with Gasteiger partial charge in [-0.2, -0.15) is 9.97 Å². The molecule has 1 aliphatic rings. The Morgan fingerprint density at radius 2 is 1.89 bits per heavy atom. The first-order chi connectivity index (χ1) is 18.0. The van der Waals surface area contributed by atoms with E-state index in [1.807, 2.05) is 29.2 Å². The quantitative estimate of drug-likeness (QED) is 0.427. The Morgan fingerprint density at radius 3 is 2.57 bits per heavy atom. The second-order valence-electron chi connectivity index (χ2n) is 8.49. The number of nitrogens with one attached hydrogen (secondary N) is 1. The van der Waals surface area contributed by atoms with E-state index in [2.05, 4.69) is 15.3 Å². The van der Waals surface area contributed by atoms with Gasteiger partial charge in [0.2, 0.25) is 23.6 Å². The van der Waals surface area contributed by atoms with Crippen molar-refractivity contribution in [3.63, 3.8) is 0 Å². The molecule has 12 heteroatoms. The van der Waals surface area contributed by atoms with Gasteiger partial charge in [0, 0.05) is 58.2 Å². The van der Waals surface area contributed by atoms with Gasteiger partial charge in [-0.25, -0.2) is 4.98 Å². The number of benzene rings is 1. The van der Waals surface area contributed by atoms with E-state index < -0.39 is 0 Å². The van der Waals surface area contributed by atoms with E-state index in [1.165, 1.54) is 14.2 Å². The smallest absolute Gasteiger partial charge is 0.248 e. The summed E-state index contributed by atoms with van der Waals surface area (Å²) in [6.07, 6.45) is 5.15. The van der Waals surface area contributed by atoms with E-state index in [9.17, 15) is 9.59 Å². The maximum Gasteiger partial charge on any atom is 0.248 e. The zero-order valence-electron chi connectivity index (χ0n) is 21.2. The van der Waals surface area contributed by atoms with Crippen LogP contribution < -0.4 is 19.7 Å². The summed E-state index contributed by atoms with van der Waals surface area (Å²) in [6, 6.07) is 8.92. The Morgan fingerprint density at radius 1 is 1.08 bits per heavy atom. The molecule has 3 heterocycles. The van der Waals surface area contributed by atoms with E-state index >= 15 is 0 Å². The van der Waals surface area contributed by atoms with Crippen LogP contribution in [0.4, 0.5) is 5.82 Å². The fourth-order valence-electron chi connectivity index (χ4n) is 4.15. The molecule has 4 rings (SSSR count). The van der Waals surface area contributed by atoms with Gasteiger partial charge < -0.3 is 29.3 Å². The second-order valence-corrected chi connectivity index (χ2v) is 8.49. The number of hydrogen-bond donors (Lipinski definition) is 1. The summed E-state index contributed by atoms with van der Waals surface area (Å²) >= 11 is 0. The minimum absolute atomic E-state index is 0.0114. The summed E-state index contributed by atoms with van der Waals surface area (Å²) in [7, 11) is 4.64. The second kappa shape index (κ2) is 12.2. The maximum atomic E-state index is 13.0. The number of nitrogens with zero attached hydrogens (tertiary/aromatic N) is 6. The summed E-state index contributed by atoms with van der Waals surface area (Å²) in [4.78, 5) is 42.5. The van der Waals surface area contributed by atoms with E-state index in [4.69, 9.17) is 19.2 Å². The summed E-state index contributed by atoms with van der Waals surface area (Å²) in [6.45, 7) is 1.68. The van der Waals surface area contributed by atoms with Gasteiger partial charge in [0.25, 0.3) is 0 Å². The monoisotopic (exact) mass is 509 g/mol. The molecule has 0 saturated carbocycles. The van der Waals surface area contributed by atoms with Gasteiger partial charge in [-0.05, 0) is 17.7 Å². The molecule has 0 aliphatic carbocycles. The van der Waals surface area contributed by atoms with E-state index in [0.717, 1.165) is 11.3 Å². The van der Waals surface area contributed by atoms with Crippen molar-refractivity contribution in [3.8, 4) is 17.6 Å². The van der Waals surface area contributed by atoms with Gasteiger partial charge in [0.05, 0.1) is 20.3 Å². The van der Waals surface area contributed by atoms with E-state index in [-0.39, 0.29) is 30.9 Å². The molecule has 1 N–H and O–H groups in total. The van der Waals surface area contributed by atoms with Gasteiger partial charge in [-0.3, -0.25) is 14.2 Å². The maximum absolute atomic E-state index is 13.0. The van der Waals surface area contributed by atoms with Crippen molar-refractivity contribution in [1.29, 1.82) is 0 Å². The van der Waals surface area contributed by atoms with Crippen molar-refractivity contribution in [2.75, 3.05) is 52.5 Å². The molecule has 0 spiro atoms. The molecule has 2 amide bonds. The van der Waals surface area contributed by atoms with Crippen molar-refractivity contribution < 1.29 is 23.8 Å². The number of carbonyl (C=O) groups is 2. The molecule has 3 aromatic rings. The lowest BCUT2D eigenvalue weighted by Crippen LogP contribution is -2.57. The van der Waals surface area contributed by atoms with Crippen LogP contribution in [-0.4, -0.2) is 89.8 Å². The molecule has 1 saturated heterocycles. The number of imidazole rings is 1. The van der Waals surface area contributed by atoms with Crippen molar-refractivity contribution >= 4 is 17.6 Å². The van der Waals surface area contributed by atoms with Crippen LogP contribution >= 0.6 is 0 Å². The van der Waals surface area contributed by atoms with E-state index in [0.29, 0.717) is 43.8 Å². The lowest BCUT2D eigenvalue weighted by Gasteiger charge is -2.42. The standard InChI is InChI=1S/C25H31N7O5/c1-35-16-24(34)30-10-11-32(21-13-23(37-3)29-25(28-21)31-9-8-26-17-31)19(15-30)12-22(33)27-14-18-4-6-20(36-2)7-5-18/h4-9,13,17,19H,10-12,14-16H2,1-3H3,(H,27,33). The minimum atomic E-state index is -0.319. The Kier molecular flexibility index (Phi) is 8.52. The highest BCUT2D eigenvalue weighted by Gasteiger charge is 2.32. The first kappa shape index (κ1) is 25.9. The fourth-order valence-corrected chi connectivity index (χ4v) is 4.15. The van der Waals surface area contributed by atoms with Crippen molar-refractivity contribution in [2.45, 2.75) is 19.0 Å². The topological polar surface area (TPSA) is 124 Å². The van der Waals surface area contributed by atoms with Crippen LogP contribution in [0.2, 0.25) is 0 Å². The predicted molar refractivity (Wildman–Crippen MR) is 135 cm³/mol. The highest BCUT2D eigenvalue weighted by atomic mass is 16.5. The molecule has 1 atom stereocenters. The third kappa shape index (κ3) is 6.53. The average molecular weight is 510 g/mol. The number of ether oxygens (including phenoxy) is 3. The van der Waals surface area contributed by atoms with Crippen molar-refractivity contribution in [2.24, 2.45) is 0 Å². The van der Waals surface area contributed by atoms with Gasteiger partial charge in [0.15, 0.2) is 0 Å². The van der Waals surface area contributed by atoms with Crippen LogP contribution in [-0.2, 0) is 20.9 Å². The number of anilines is 1. The highest BCUT2D eigenvalue weighted by molar-refractivity contribution is 5.79. The number of methoxy groups -OCH3 is 3. The minimum Gasteiger partial charge on any atom is -0.497 e. The number of amides is 2. The number of piperazine rings is 1. The van der Waals surface area contributed by atoms with Crippen molar-refractivity contribution in [1.82, 2.24) is 29.7 Å². The molecule has 0 radical (unpaired) electrons. The number of rotatable bonds is 10. The van der Waals surface area contributed by atoms with Crippen LogP contribution in [0.3, 0.4) is 0 Å². The molecule has 12 nitrogen and oxygen atoms in total. The lowest BCUT2D eigenvalue weighted by molar-refractivity contribution is -0.136. The highest BCUT2D eigenvalue weighted by Crippen LogP contribution is 2.25. The lowest BCUT2D eigenvalue weighted by atomic mass is 10.1. The third-order valence-electron chi connectivity index (χ3n) is 6.09. The molecule has 0 bridgehead atoms. The molecule has 37 heavy (non-hydrogen) atoms. The van der Waals surface area contributed by atoms with Crippen molar-refractivity contribution in [3.05, 3.63) is 54.6 Å². The van der Waals surface area contributed by atoms with Gasteiger partial charge in [-0.15, -0.1) is 0 Å². The molecule has 2 aromatic heterocycles. The molecular weight excluding hydrogens is 478 g/mol. The van der Waals surface area contributed by atoms with Crippen LogP contribution in [0.1, 0.15) is 12.0 Å². The number of carbonyl (C=O) groups excluding carboxylic acids is 2. The molecular formula is C25H31N7O5. The third-order valence-corrected chi connectivity index (χ3v) is 6.09. The summed E-state index contributed by atoms with van der Waals surface area (Å²) in [5.74, 6) is 1.88. The Bertz CT molecular complexity index is 1190. The largest absolute Gasteiger partial charge is 0.497 e. The zero-order chi connectivity index (χ0) is 26.2. The summed E-state index contributed by atoms with van der Waals surface area (Å²) in [5.41, 5.74) is 0.956. The van der Waals surface area contributed by atoms with Gasteiger partial charge in [0.1, 0.15) is 24.5 Å². The summed E-state index contributed by atoms with van der Waals surface area (Å²) < 4.78 is 17.3. The Balaban J connectivity index is 1.53. The number of aromatic nitrogens is 4. The molecule has 196 valence electrons. The Hall–Kier alpha value is -4.19. The molecule has 1 aliphatic heterocycles. The molecule has 1 aromatic carbocycles. The first-order valence-electron chi connectivity index (χ1n) is 11.8. The normalized spacial score (nSPS) is 15.4. The average Bonchev–Trinajstić information content (AvgIpc) is 3.47. The van der Waals surface area contributed by atoms with Gasteiger partial charge >= 0.3 is 0 Å². The van der Waals surface area contributed by atoms with E-state index in [1.54, 1.807) is 41.4 Å². The zero-order valence-corrected chi connectivity index (χ0v) is 21.2. The summed E-state index contributed by atoms with van der Waals surface area (Å²) in [5, 5.41) is 2.98. The molecule has 1 fully saturated rings. The fraction of sp³-hybridized carbons (Fsp3) is 0.400. The first-order valence-corrected chi connectivity index (χ1v) is 11.8. The SMILES string of the molecule is COCC(=O)N1CCN(c2cc(OC)nc(-n3ccnc3)n2)C(CC(=O)NCc2ccc(OC)cc2)C1. The van der Waals surface area contributed by atoms with Crippen LogP contribution in [0.15, 0.2) is 49.1 Å². The van der Waals surface area contributed by atoms with Gasteiger partial charge in [-0.1, -0.05) is 12.1 Å². The number of hydrogen-bond acceptors (Lipinski definition) is 9. The van der Waals surface area contributed by atoms with Crippen LogP contribution in [0.25, 0.3) is 5.95 Å². The Labute approximate surface area is 215 Å². The van der Waals surface area contributed by atoms with Crippen LogP contribution in [0, 0.1) is 0 Å².